The lowest BCUT2D eigenvalue weighted by atomic mass is 10.0. The molecule has 2 aliphatic rings. The zero-order valence-corrected chi connectivity index (χ0v) is 19.8. The summed E-state index contributed by atoms with van der Waals surface area (Å²) < 4.78 is 57.8. The van der Waals surface area contributed by atoms with Crippen molar-refractivity contribution in [2.24, 2.45) is 0 Å². The minimum atomic E-state index is -1.46. The van der Waals surface area contributed by atoms with Crippen molar-refractivity contribution >= 4 is 69.0 Å². The van der Waals surface area contributed by atoms with E-state index in [-0.39, 0.29) is 11.1 Å². The Bertz CT molecular complexity index is 1740. The molecular weight excluding hydrogens is 571 g/mol. The van der Waals surface area contributed by atoms with Gasteiger partial charge in [-0.2, -0.15) is 0 Å². The zero-order chi connectivity index (χ0) is 24.3. The van der Waals surface area contributed by atoms with Gasteiger partial charge < -0.3 is 9.97 Å². The third-order valence-corrected chi connectivity index (χ3v) is 6.59. The van der Waals surface area contributed by atoms with Crippen molar-refractivity contribution in [3.63, 3.8) is 0 Å². The average Bonchev–Trinajstić information content (AvgIpc) is 3.62. The van der Waals surface area contributed by atoms with Crippen LogP contribution in [0.3, 0.4) is 0 Å². The van der Waals surface area contributed by atoms with Crippen molar-refractivity contribution in [3.05, 3.63) is 92.1 Å². The summed E-state index contributed by atoms with van der Waals surface area (Å²) in [7, 11) is 0. The first-order valence-corrected chi connectivity index (χ1v) is 11.5. The maximum atomic E-state index is 14.9. The zero-order valence-electron chi connectivity index (χ0n) is 17.6. The standard InChI is InChI=1S/C26H13F4IN4/c27-22-21(23(28)25(30)26(31)24(22)29)19-10-18-9-16-4-3-14(33-16)7-12-1-2-13(32-12)8-15-5-6-17(34-15)11-20(19)35-18/h1-11,33,35H. The van der Waals surface area contributed by atoms with Gasteiger partial charge in [0.05, 0.1) is 31.9 Å². The van der Waals surface area contributed by atoms with E-state index in [9.17, 15) is 17.6 Å². The summed E-state index contributed by atoms with van der Waals surface area (Å²) in [6.45, 7) is 0. The predicted octanol–water partition coefficient (Wildman–Crippen LogP) is 7.48. The van der Waals surface area contributed by atoms with Gasteiger partial charge in [-0.15, -0.1) is 0 Å². The highest BCUT2D eigenvalue weighted by molar-refractivity contribution is 14.1. The van der Waals surface area contributed by atoms with Crippen LogP contribution in [0.15, 0.2) is 42.5 Å². The number of hydrogen-bond acceptors (Lipinski definition) is 2. The van der Waals surface area contributed by atoms with Crippen molar-refractivity contribution in [3.8, 4) is 11.1 Å². The van der Waals surface area contributed by atoms with Crippen LogP contribution in [0, 0.1) is 26.8 Å². The van der Waals surface area contributed by atoms with E-state index in [1.807, 2.05) is 30.4 Å². The maximum absolute atomic E-state index is 14.9. The summed E-state index contributed by atoms with van der Waals surface area (Å²) in [5, 5.41) is 0. The van der Waals surface area contributed by atoms with E-state index in [0.717, 1.165) is 16.9 Å². The van der Waals surface area contributed by atoms with Crippen LogP contribution in [0.1, 0.15) is 22.8 Å². The molecular formula is C26H13F4IN4. The monoisotopic (exact) mass is 584 g/mol. The van der Waals surface area contributed by atoms with E-state index in [1.54, 1.807) is 30.4 Å². The summed E-state index contributed by atoms with van der Waals surface area (Å²) in [5.41, 5.74) is 4.04. The molecule has 0 amide bonds. The fraction of sp³-hybridized carbons (Fsp3) is 0. The van der Waals surface area contributed by atoms with Crippen molar-refractivity contribution in [1.29, 1.82) is 0 Å². The van der Waals surface area contributed by atoms with Crippen LogP contribution in [0.2, 0.25) is 0 Å². The van der Waals surface area contributed by atoms with Crippen LogP contribution in [0.4, 0.5) is 17.6 Å². The third kappa shape index (κ3) is 3.85. The van der Waals surface area contributed by atoms with Gasteiger partial charge in [0.25, 0.3) is 0 Å². The molecule has 1 aromatic carbocycles. The lowest BCUT2D eigenvalue weighted by Crippen LogP contribution is -2.02. The highest BCUT2D eigenvalue weighted by atomic mass is 127. The van der Waals surface area contributed by atoms with E-state index in [0.29, 0.717) is 22.4 Å². The highest BCUT2D eigenvalue weighted by Crippen LogP contribution is 2.36. The highest BCUT2D eigenvalue weighted by Gasteiger charge is 2.26. The number of nitrogens with zero attached hydrogens (tertiary/aromatic N) is 2. The number of aromatic amines is 2. The molecule has 5 heterocycles. The fourth-order valence-corrected chi connectivity index (χ4v) is 4.54. The quantitative estimate of drug-likeness (QED) is 0.0912. The molecule has 2 aliphatic heterocycles. The average molecular weight is 584 g/mol. The van der Waals surface area contributed by atoms with Gasteiger partial charge in [0, 0.05) is 27.6 Å². The SMILES string of the molecule is Fc1c(F)c(-c2cc3cc4ccc(cc5nc(cc6nc(cc2[nH]3)C=C6)C=C5)[nH]4)c(F)c(F)c1I. The first-order chi connectivity index (χ1) is 16.9. The second-order valence-corrected chi connectivity index (χ2v) is 9.11. The smallest absolute Gasteiger partial charge is 0.175 e. The molecule has 0 unspecified atom stereocenters. The van der Waals surface area contributed by atoms with Gasteiger partial charge in [-0.1, -0.05) is 0 Å². The van der Waals surface area contributed by atoms with E-state index in [2.05, 4.69) is 19.9 Å². The predicted molar refractivity (Wildman–Crippen MR) is 137 cm³/mol. The molecule has 0 fully saturated rings. The molecule has 6 rings (SSSR count). The van der Waals surface area contributed by atoms with Crippen LogP contribution in [-0.4, -0.2) is 19.9 Å². The van der Waals surface area contributed by atoms with Crippen molar-refractivity contribution in [2.75, 3.05) is 0 Å². The van der Waals surface area contributed by atoms with Crippen molar-refractivity contribution < 1.29 is 17.6 Å². The minimum absolute atomic E-state index is 0.0291. The molecule has 4 aromatic rings. The number of hydrogen-bond donors (Lipinski definition) is 2. The number of fused-ring (bicyclic) bond motifs is 8. The topological polar surface area (TPSA) is 57.4 Å². The molecule has 9 heteroatoms. The Labute approximate surface area is 209 Å². The van der Waals surface area contributed by atoms with Gasteiger partial charge in [-0.25, -0.2) is 27.5 Å². The van der Waals surface area contributed by atoms with Crippen LogP contribution < -0.4 is 0 Å². The molecule has 0 aliphatic carbocycles. The van der Waals surface area contributed by atoms with Gasteiger partial charge in [-0.3, -0.25) is 0 Å². The summed E-state index contributed by atoms with van der Waals surface area (Å²) in [4.78, 5) is 15.4. The van der Waals surface area contributed by atoms with E-state index >= 15 is 0 Å². The largest absolute Gasteiger partial charge is 0.355 e. The number of nitrogens with one attached hydrogen (secondary N) is 2. The lowest BCUT2D eigenvalue weighted by Gasteiger charge is -2.08. The third-order valence-electron chi connectivity index (χ3n) is 5.65. The van der Waals surface area contributed by atoms with Gasteiger partial charge in [0.15, 0.2) is 23.3 Å². The van der Waals surface area contributed by atoms with Crippen LogP contribution in [0.5, 0.6) is 0 Å². The second kappa shape index (κ2) is 8.19. The molecule has 35 heavy (non-hydrogen) atoms. The molecule has 0 saturated heterocycles. The van der Waals surface area contributed by atoms with Gasteiger partial charge >= 0.3 is 0 Å². The van der Waals surface area contributed by atoms with Gasteiger partial charge in [0.2, 0.25) is 0 Å². The van der Waals surface area contributed by atoms with E-state index in [4.69, 9.17) is 0 Å². The molecule has 0 atom stereocenters. The van der Waals surface area contributed by atoms with Crippen LogP contribution in [-0.2, 0) is 0 Å². The first kappa shape index (κ1) is 21.8. The molecule has 172 valence electrons. The van der Waals surface area contributed by atoms with Gasteiger partial charge in [-0.05, 0) is 89.4 Å². The summed E-state index contributed by atoms with van der Waals surface area (Å²) in [6, 6.07) is 12.1. The van der Waals surface area contributed by atoms with Crippen LogP contribution >= 0.6 is 22.6 Å². The summed E-state index contributed by atoms with van der Waals surface area (Å²) in [6.07, 6.45) is 7.28. The Hall–Kier alpha value is -3.73. The lowest BCUT2D eigenvalue weighted by molar-refractivity contribution is 0.450. The molecule has 0 saturated carbocycles. The van der Waals surface area contributed by atoms with Crippen molar-refractivity contribution in [1.82, 2.24) is 19.9 Å². The number of halogens is 5. The molecule has 0 radical (unpaired) electrons. The second-order valence-electron chi connectivity index (χ2n) is 8.03. The van der Waals surface area contributed by atoms with E-state index < -0.39 is 32.4 Å². The fourth-order valence-electron chi connectivity index (χ4n) is 4.07. The number of benzene rings is 1. The maximum Gasteiger partial charge on any atom is 0.175 e. The Morgan fingerprint density at radius 3 is 1.74 bits per heavy atom. The number of rotatable bonds is 1. The molecule has 8 bridgehead atoms. The Kier molecular flexibility index (Phi) is 5.10. The van der Waals surface area contributed by atoms with Crippen LogP contribution in [0.25, 0.3) is 57.5 Å². The van der Waals surface area contributed by atoms with Gasteiger partial charge in [0.1, 0.15) is 0 Å². The Balaban J connectivity index is 1.71. The summed E-state index contributed by atoms with van der Waals surface area (Å²) in [5.74, 6) is -5.80. The number of H-pyrrole nitrogens is 2. The first-order valence-electron chi connectivity index (χ1n) is 10.5. The van der Waals surface area contributed by atoms with Crippen molar-refractivity contribution in [2.45, 2.75) is 0 Å². The number of aromatic nitrogens is 4. The summed E-state index contributed by atoms with van der Waals surface area (Å²) >= 11 is 1.24. The molecule has 3 aromatic heterocycles. The Morgan fingerprint density at radius 2 is 1.11 bits per heavy atom. The Morgan fingerprint density at radius 1 is 0.571 bits per heavy atom. The van der Waals surface area contributed by atoms with E-state index in [1.165, 1.54) is 28.7 Å². The molecule has 4 nitrogen and oxygen atoms in total. The molecule has 2 N–H and O–H groups in total. The molecule has 0 spiro atoms. The minimum Gasteiger partial charge on any atom is -0.355 e. The normalized spacial score (nSPS) is 12.5.